The number of halogens is 1. The van der Waals surface area contributed by atoms with E-state index in [0.717, 1.165) is 10.4 Å². The van der Waals surface area contributed by atoms with Gasteiger partial charge in [0, 0.05) is 4.88 Å². The maximum absolute atomic E-state index is 12.4. The highest BCUT2D eigenvalue weighted by Crippen LogP contribution is 2.35. The molecular formula is C16H17ClN2O2S. The average molecular weight is 337 g/mol. The van der Waals surface area contributed by atoms with Crippen molar-refractivity contribution in [2.75, 3.05) is 31.8 Å². The molecule has 0 fully saturated rings. The summed E-state index contributed by atoms with van der Waals surface area (Å²) in [5.74, 6) is -0.488. The Bertz CT molecular complexity index is 668. The third kappa shape index (κ3) is 4.16. The highest BCUT2D eigenvalue weighted by molar-refractivity contribution is 7.18. The summed E-state index contributed by atoms with van der Waals surface area (Å²) in [6.07, 6.45) is 0. The summed E-state index contributed by atoms with van der Waals surface area (Å²) in [7, 11) is 3.67. The lowest BCUT2D eigenvalue weighted by atomic mass is 10.2. The lowest BCUT2D eigenvalue weighted by Crippen LogP contribution is -2.22. The van der Waals surface area contributed by atoms with Crippen molar-refractivity contribution in [3.05, 3.63) is 41.3 Å². The van der Waals surface area contributed by atoms with Crippen LogP contribution in [0.3, 0.4) is 0 Å². The van der Waals surface area contributed by atoms with Crippen molar-refractivity contribution < 1.29 is 9.59 Å². The zero-order valence-electron chi connectivity index (χ0n) is 12.4. The predicted molar refractivity (Wildman–Crippen MR) is 92.0 cm³/mol. The van der Waals surface area contributed by atoms with Crippen LogP contribution in [-0.2, 0) is 4.79 Å². The number of rotatable bonds is 6. The molecule has 0 saturated heterocycles. The maximum atomic E-state index is 12.4. The van der Waals surface area contributed by atoms with E-state index in [0.29, 0.717) is 17.1 Å². The second-order valence-electron chi connectivity index (χ2n) is 5.06. The van der Waals surface area contributed by atoms with Crippen LogP contribution < -0.4 is 5.32 Å². The van der Waals surface area contributed by atoms with Crippen molar-refractivity contribution in [2.24, 2.45) is 0 Å². The number of alkyl halides is 1. The third-order valence-corrected chi connectivity index (χ3v) is 4.37. The summed E-state index contributed by atoms with van der Waals surface area (Å²) < 4.78 is 0. The number of benzene rings is 1. The molecule has 0 bridgehead atoms. The van der Waals surface area contributed by atoms with E-state index in [1.165, 1.54) is 11.3 Å². The minimum absolute atomic E-state index is 0.0259. The Hall–Kier alpha value is -1.69. The first-order valence-electron chi connectivity index (χ1n) is 6.74. The van der Waals surface area contributed by atoms with Gasteiger partial charge in [0.25, 0.3) is 0 Å². The van der Waals surface area contributed by atoms with E-state index in [9.17, 15) is 9.59 Å². The zero-order chi connectivity index (χ0) is 16.1. The summed E-state index contributed by atoms with van der Waals surface area (Å²) in [5.41, 5.74) is 1.54. The number of ketones is 1. The van der Waals surface area contributed by atoms with E-state index in [1.54, 1.807) is 4.90 Å². The number of Topliss-reactive ketones (excluding diaryl/α,β-unsaturated/α-hetero) is 1. The van der Waals surface area contributed by atoms with Gasteiger partial charge < -0.3 is 10.2 Å². The Kier molecular flexibility index (Phi) is 5.71. The van der Waals surface area contributed by atoms with Crippen LogP contribution in [0.2, 0.25) is 0 Å². The molecule has 0 aliphatic carbocycles. The number of hydrogen-bond donors (Lipinski definition) is 1. The van der Waals surface area contributed by atoms with Gasteiger partial charge >= 0.3 is 0 Å². The van der Waals surface area contributed by atoms with Crippen molar-refractivity contribution in [3.8, 4) is 10.4 Å². The smallest absolute Gasteiger partial charge is 0.239 e. The fraction of sp³-hybridized carbons (Fsp3) is 0.250. The van der Waals surface area contributed by atoms with Crippen LogP contribution in [0.25, 0.3) is 10.4 Å². The molecule has 0 saturated carbocycles. The number of nitrogens with zero attached hydrogens (tertiary/aromatic N) is 1. The molecule has 1 N–H and O–H groups in total. The lowest BCUT2D eigenvalue weighted by molar-refractivity contribution is -0.113. The molecule has 2 aromatic rings. The molecule has 6 heteroatoms. The molecule has 0 atom stereocenters. The minimum atomic E-state index is -0.321. The highest BCUT2D eigenvalue weighted by atomic mass is 35.5. The lowest BCUT2D eigenvalue weighted by Gasteiger charge is -2.08. The van der Waals surface area contributed by atoms with Crippen LogP contribution in [0.4, 0.5) is 5.69 Å². The summed E-state index contributed by atoms with van der Waals surface area (Å²) in [5, 5.41) is 2.70. The highest BCUT2D eigenvalue weighted by Gasteiger charge is 2.19. The van der Waals surface area contributed by atoms with Crippen LogP contribution in [0.1, 0.15) is 9.67 Å². The Morgan fingerprint density at radius 3 is 2.50 bits per heavy atom. The van der Waals surface area contributed by atoms with Crippen LogP contribution >= 0.6 is 22.9 Å². The van der Waals surface area contributed by atoms with Crippen molar-refractivity contribution >= 4 is 40.3 Å². The summed E-state index contributed by atoms with van der Waals surface area (Å²) >= 11 is 6.92. The van der Waals surface area contributed by atoms with E-state index >= 15 is 0 Å². The molecule has 0 unspecified atom stereocenters. The maximum Gasteiger partial charge on any atom is 0.239 e. The number of anilines is 1. The van der Waals surface area contributed by atoms with Gasteiger partial charge in [-0.15, -0.1) is 22.9 Å². The number of likely N-dealkylation sites (N-methyl/N-ethyl adjacent to an activating group) is 1. The van der Waals surface area contributed by atoms with Gasteiger partial charge in [0.05, 0.1) is 17.1 Å². The summed E-state index contributed by atoms with van der Waals surface area (Å²) in [4.78, 5) is 27.2. The molecule has 1 aromatic carbocycles. The molecule has 22 heavy (non-hydrogen) atoms. The Labute approximate surface area is 138 Å². The third-order valence-electron chi connectivity index (χ3n) is 2.90. The first kappa shape index (κ1) is 16.7. The quantitative estimate of drug-likeness (QED) is 0.650. The van der Waals surface area contributed by atoms with E-state index in [4.69, 9.17) is 11.6 Å². The second kappa shape index (κ2) is 7.54. The number of amides is 1. The second-order valence-corrected chi connectivity index (χ2v) is 6.38. The normalized spacial score (nSPS) is 10.7. The number of carbonyl (C=O) groups is 2. The van der Waals surface area contributed by atoms with Crippen LogP contribution in [0.15, 0.2) is 36.4 Å². The average Bonchev–Trinajstić information content (AvgIpc) is 2.91. The van der Waals surface area contributed by atoms with E-state index < -0.39 is 0 Å². The van der Waals surface area contributed by atoms with Crippen molar-refractivity contribution in [1.82, 2.24) is 4.90 Å². The molecular weight excluding hydrogens is 320 g/mol. The van der Waals surface area contributed by atoms with Crippen molar-refractivity contribution in [3.63, 3.8) is 0 Å². The minimum Gasteiger partial charge on any atom is -0.324 e. The first-order chi connectivity index (χ1) is 10.5. The first-order valence-corrected chi connectivity index (χ1v) is 8.09. The van der Waals surface area contributed by atoms with Crippen LogP contribution in [0.5, 0.6) is 0 Å². The van der Waals surface area contributed by atoms with Crippen LogP contribution in [-0.4, -0.2) is 43.1 Å². The Morgan fingerprint density at radius 2 is 1.91 bits per heavy atom. The number of nitrogens with one attached hydrogen (secondary N) is 1. The molecule has 4 nitrogen and oxygen atoms in total. The van der Waals surface area contributed by atoms with Crippen LogP contribution in [0, 0.1) is 0 Å². The topological polar surface area (TPSA) is 49.4 Å². The number of thiophene rings is 1. The standard InChI is InChI=1S/C16H17ClN2O2S/c1-19(2)10-13(20)16-12(18-15(21)9-17)8-14(22-16)11-6-4-3-5-7-11/h3-8H,9-10H2,1-2H3,(H,18,21). The van der Waals surface area contributed by atoms with Gasteiger partial charge in [0.2, 0.25) is 5.91 Å². The predicted octanol–water partition coefficient (Wildman–Crippen LogP) is 3.34. The fourth-order valence-electron chi connectivity index (χ4n) is 1.98. The molecule has 116 valence electrons. The van der Waals surface area contributed by atoms with Gasteiger partial charge in [-0.05, 0) is 25.7 Å². The molecule has 0 spiro atoms. The molecule has 2 rings (SSSR count). The fourth-order valence-corrected chi connectivity index (χ4v) is 3.09. The van der Waals surface area contributed by atoms with E-state index in [-0.39, 0.29) is 17.6 Å². The molecule has 1 aromatic heterocycles. The monoisotopic (exact) mass is 336 g/mol. The SMILES string of the molecule is CN(C)CC(=O)c1sc(-c2ccccc2)cc1NC(=O)CCl. The Morgan fingerprint density at radius 1 is 1.23 bits per heavy atom. The van der Waals surface area contributed by atoms with Gasteiger partial charge in [-0.3, -0.25) is 9.59 Å². The summed E-state index contributed by atoms with van der Waals surface area (Å²) in [6.45, 7) is 0.290. The van der Waals surface area contributed by atoms with Gasteiger partial charge in [-0.1, -0.05) is 30.3 Å². The van der Waals surface area contributed by atoms with Gasteiger partial charge in [0.15, 0.2) is 5.78 Å². The molecule has 1 amide bonds. The molecule has 1 heterocycles. The Balaban J connectivity index is 2.38. The van der Waals surface area contributed by atoms with Gasteiger partial charge in [-0.2, -0.15) is 0 Å². The van der Waals surface area contributed by atoms with Gasteiger partial charge in [-0.25, -0.2) is 0 Å². The number of hydrogen-bond acceptors (Lipinski definition) is 4. The number of carbonyl (C=O) groups excluding carboxylic acids is 2. The molecule has 0 aliphatic heterocycles. The molecule has 0 aliphatic rings. The zero-order valence-corrected chi connectivity index (χ0v) is 14.0. The van der Waals surface area contributed by atoms with Crippen molar-refractivity contribution in [1.29, 1.82) is 0 Å². The van der Waals surface area contributed by atoms with E-state index in [1.807, 2.05) is 50.5 Å². The summed E-state index contributed by atoms with van der Waals surface area (Å²) in [6, 6.07) is 11.6. The molecule has 0 radical (unpaired) electrons. The van der Waals surface area contributed by atoms with Crippen molar-refractivity contribution in [2.45, 2.75) is 0 Å². The van der Waals surface area contributed by atoms with E-state index in [2.05, 4.69) is 5.32 Å². The van der Waals surface area contributed by atoms with Gasteiger partial charge in [0.1, 0.15) is 5.88 Å². The largest absolute Gasteiger partial charge is 0.324 e.